The highest BCUT2D eigenvalue weighted by Gasteiger charge is 1.93. The minimum Gasteiger partial charge on any atom is -0.397 e. The quantitative estimate of drug-likeness (QED) is 0.579. The van der Waals surface area contributed by atoms with E-state index in [1.54, 1.807) is 6.07 Å². The molecule has 0 unspecified atom stereocenters. The van der Waals surface area contributed by atoms with Gasteiger partial charge in [0.1, 0.15) is 5.69 Å². The van der Waals surface area contributed by atoms with Crippen LogP contribution in [-0.4, -0.2) is 0 Å². The van der Waals surface area contributed by atoms with Crippen LogP contribution in [0, 0.1) is 0 Å². The van der Waals surface area contributed by atoms with Crippen molar-refractivity contribution in [1.82, 2.24) is 0 Å². The Kier molecular flexibility index (Phi) is 2.74. The molecule has 3 heteroatoms. The number of nitrogens with two attached hydrogens (primary N) is 1. The van der Waals surface area contributed by atoms with Crippen molar-refractivity contribution in [1.29, 1.82) is 0 Å². The number of para-hydroxylation sites is 1. The van der Waals surface area contributed by atoms with Gasteiger partial charge < -0.3 is 5.73 Å². The van der Waals surface area contributed by atoms with E-state index in [4.69, 9.17) is 5.73 Å². The maximum atomic E-state index is 5.73. The first-order valence-electron chi connectivity index (χ1n) is 4.67. The molecule has 0 aliphatic heterocycles. The number of benzene rings is 2. The summed E-state index contributed by atoms with van der Waals surface area (Å²) in [4.78, 5) is 0. The summed E-state index contributed by atoms with van der Waals surface area (Å²) in [5, 5.41) is 8.16. The van der Waals surface area contributed by atoms with E-state index in [2.05, 4.69) is 10.2 Å². The van der Waals surface area contributed by atoms with E-state index in [0.29, 0.717) is 11.4 Å². The summed E-state index contributed by atoms with van der Waals surface area (Å²) in [6.45, 7) is 0. The van der Waals surface area contributed by atoms with Crippen molar-refractivity contribution in [3.63, 3.8) is 0 Å². The lowest BCUT2D eigenvalue weighted by Crippen LogP contribution is -1.82. The van der Waals surface area contributed by atoms with Crippen LogP contribution in [0.2, 0.25) is 0 Å². The molecule has 0 radical (unpaired) electrons. The van der Waals surface area contributed by atoms with Gasteiger partial charge in [-0.2, -0.15) is 5.11 Å². The Balaban J connectivity index is 2.23. The minimum absolute atomic E-state index is 0.636. The zero-order chi connectivity index (χ0) is 10.5. The Morgan fingerprint density at radius 1 is 0.733 bits per heavy atom. The van der Waals surface area contributed by atoms with Crippen LogP contribution in [-0.2, 0) is 0 Å². The zero-order valence-corrected chi connectivity index (χ0v) is 8.17. The Hall–Kier alpha value is -2.16. The molecule has 0 heterocycles. The number of anilines is 1. The summed E-state index contributed by atoms with van der Waals surface area (Å²) in [6.07, 6.45) is 0. The van der Waals surface area contributed by atoms with Gasteiger partial charge in [0, 0.05) is 0 Å². The van der Waals surface area contributed by atoms with E-state index in [9.17, 15) is 0 Å². The SMILES string of the molecule is Nc1ccccc1N=Nc1ccccc1. The summed E-state index contributed by atoms with van der Waals surface area (Å²) >= 11 is 0. The first-order chi connectivity index (χ1) is 7.36. The van der Waals surface area contributed by atoms with Crippen molar-refractivity contribution < 1.29 is 0 Å². The summed E-state index contributed by atoms with van der Waals surface area (Å²) < 4.78 is 0. The number of azo groups is 1. The van der Waals surface area contributed by atoms with Gasteiger partial charge in [0.25, 0.3) is 0 Å². The lowest BCUT2D eigenvalue weighted by Gasteiger charge is -1.96. The normalized spacial score (nSPS) is 10.7. The molecule has 0 bridgehead atoms. The number of nitrogen functional groups attached to an aromatic ring is 1. The second kappa shape index (κ2) is 4.37. The average molecular weight is 197 g/mol. The molecule has 0 saturated carbocycles. The fraction of sp³-hybridized carbons (Fsp3) is 0. The van der Waals surface area contributed by atoms with Crippen molar-refractivity contribution >= 4 is 17.1 Å². The molecule has 15 heavy (non-hydrogen) atoms. The highest BCUT2D eigenvalue weighted by atomic mass is 15.1. The molecule has 0 aromatic heterocycles. The number of rotatable bonds is 2. The Morgan fingerprint density at radius 2 is 1.40 bits per heavy atom. The number of hydrogen-bond acceptors (Lipinski definition) is 3. The van der Waals surface area contributed by atoms with Gasteiger partial charge >= 0.3 is 0 Å². The monoisotopic (exact) mass is 197 g/mol. The molecule has 0 aliphatic carbocycles. The molecule has 0 aliphatic rings. The molecule has 0 spiro atoms. The summed E-state index contributed by atoms with van der Waals surface area (Å²) in [5.74, 6) is 0. The minimum atomic E-state index is 0.636. The summed E-state index contributed by atoms with van der Waals surface area (Å²) in [6, 6.07) is 17.0. The Morgan fingerprint density at radius 3 is 2.13 bits per heavy atom. The Bertz CT molecular complexity index is 463. The highest BCUT2D eigenvalue weighted by Crippen LogP contribution is 2.23. The lowest BCUT2D eigenvalue weighted by molar-refractivity contribution is 1.23. The van der Waals surface area contributed by atoms with Crippen LogP contribution in [0.3, 0.4) is 0 Å². The van der Waals surface area contributed by atoms with Gasteiger partial charge in [-0.1, -0.05) is 30.3 Å². The van der Waals surface area contributed by atoms with Crippen molar-refractivity contribution in [2.75, 3.05) is 5.73 Å². The van der Waals surface area contributed by atoms with E-state index >= 15 is 0 Å². The molecular weight excluding hydrogens is 186 g/mol. The topological polar surface area (TPSA) is 50.7 Å². The molecule has 2 aromatic carbocycles. The molecule has 2 rings (SSSR count). The van der Waals surface area contributed by atoms with E-state index < -0.39 is 0 Å². The zero-order valence-electron chi connectivity index (χ0n) is 8.17. The van der Waals surface area contributed by atoms with Gasteiger partial charge in [-0.05, 0) is 24.3 Å². The van der Waals surface area contributed by atoms with Gasteiger partial charge in [-0.25, -0.2) is 0 Å². The van der Waals surface area contributed by atoms with Crippen LogP contribution < -0.4 is 5.73 Å². The first-order valence-corrected chi connectivity index (χ1v) is 4.67. The largest absolute Gasteiger partial charge is 0.397 e. The second-order valence-corrected chi connectivity index (χ2v) is 3.09. The average Bonchev–Trinajstić information content (AvgIpc) is 2.29. The lowest BCUT2D eigenvalue weighted by atomic mass is 10.3. The van der Waals surface area contributed by atoms with Gasteiger partial charge in [-0.3, -0.25) is 0 Å². The van der Waals surface area contributed by atoms with Crippen molar-refractivity contribution in [3.05, 3.63) is 54.6 Å². The van der Waals surface area contributed by atoms with Crippen LogP contribution in [0.15, 0.2) is 64.8 Å². The fourth-order valence-corrected chi connectivity index (χ4v) is 1.18. The van der Waals surface area contributed by atoms with E-state index in [-0.39, 0.29) is 0 Å². The van der Waals surface area contributed by atoms with Gasteiger partial charge in [-0.15, -0.1) is 5.11 Å². The second-order valence-electron chi connectivity index (χ2n) is 3.09. The van der Waals surface area contributed by atoms with Crippen LogP contribution in [0.4, 0.5) is 17.1 Å². The summed E-state index contributed by atoms with van der Waals surface area (Å²) in [5.41, 5.74) is 7.88. The van der Waals surface area contributed by atoms with Crippen molar-refractivity contribution in [2.45, 2.75) is 0 Å². The molecular formula is C12H11N3. The molecule has 2 N–H and O–H groups in total. The smallest absolute Gasteiger partial charge is 0.109 e. The molecule has 74 valence electrons. The molecule has 0 atom stereocenters. The van der Waals surface area contributed by atoms with Crippen LogP contribution >= 0.6 is 0 Å². The van der Waals surface area contributed by atoms with Crippen LogP contribution in [0.5, 0.6) is 0 Å². The third-order valence-corrected chi connectivity index (χ3v) is 1.97. The molecule has 0 amide bonds. The predicted octanol–water partition coefficient (Wildman–Crippen LogP) is 3.68. The summed E-state index contributed by atoms with van der Waals surface area (Å²) in [7, 11) is 0. The standard InChI is InChI=1S/C12H11N3/c13-11-8-4-5-9-12(11)15-14-10-6-2-1-3-7-10/h1-9H,13H2. The van der Waals surface area contributed by atoms with Gasteiger partial charge in [0.05, 0.1) is 11.4 Å². The fourth-order valence-electron chi connectivity index (χ4n) is 1.18. The van der Waals surface area contributed by atoms with Crippen molar-refractivity contribution in [2.24, 2.45) is 10.2 Å². The highest BCUT2D eigenvalue weighted by molar-refractivity contribution is 5.61. The third-order valence-electron chi connectivity index (χ3n) is 1.97. The van der Waals surface area contributed by atoms with E-state index in [0.717, 1.165) is 5.69 Å². The third kappa shape index (κ3) is 2.40. The van der Waals surface area contributed by atoms with Gasteiger partial charge in [0.2, 0.25) is 0 Å². The Labute approximate surface area is 88.3 Å². The number of hydrogen-bond donors (Lipinski definition) is 1. The maximum absolute atomic E-state index is 5.73. The van der Waals surface area contributed by atoms with E-state index in [1.807, 2.05) is 48.5 Å². The maximum Gasteiger partial charge on any atom is 0.109 e. The molecule has 0 saturated heterocycles. The van der Waals surface area contributed by atoms with Gasteiger partial charge in [0.15, 0.2) is 0 Å². The van der Waals surface area contributed by atoms with Crippen LogP contribution in [0.1, 0.15) is 0 Å². The molecule has 0 fully saturated rings. The van der Waals surface area contributed by atoms with Crippen LogP contribution in [0.25, 0.3) is 0 Å². The van der Waals surface area contributed by atoms with Crippen molar-refractivity contribution in [3.8, 4) is 0 Å². The first kappa shape index (κ1) is 9.40. The molecule has 2 aromatic rings. The molecule has 3 nitrogen and oxygen atoms in total. The predicted molar refractivity (Wildman–Crippen MR) is 61.5 cm³/mol. The number of nitrogens with zero attached hydrogens (tertiary/aromatic N) is 2. The van der Waals surface area contributed by atoms with E-state index in [1.165, 1.54) is 0 Å².